The second kappa shape index (κ2) is 7.09. The molecule has 0 atom stereocenters. The molecule has 2 aliphatic carbocycles. The molecule has 2 saturated carbocycles. The van der Waals surface area contributed by atoms with E-state index >= 15 is 0 Å². The van der Waals surface area contributed by atoms with Crippen LogP contribution >= 0.6 is 0 Å². The van der Waals surface area contributed by atoms with Crippen molar-refractivity contribution in [3.8, 4) is 0 Å². The highest BCUT2D eigenvalue weighted by Crippen LogP contribution is 2.30. The van der Waals surface area contributed by atoms with Gasteiger partial charge in [0.25, 0.3) is 0 Å². The SMILES string of the molecule is CC1CCC(C(=O)NCC2CCC(C(=O)O)CC2)CC1. The molecule has 1 amide bonds. The van der Waals surface area contributed by atoms with Gasteiger partial charge in [0.2, 0.25) is 5.91 Å². The maximum Gasteiger partial charge on any atom is 0.306 e. The van der Waals surface area contributed by atoms with E-state index in [1.807, 2.05) is 0 Å². The van der Waals surface area contributed by atoms with E-state index in [-0.39, 0.29) is 17.7 Å². The summed E-state index contributed by atoms with van der Waals surface area (Å²) in [5, 5.41) is 12.1. The molecule has 0 radical (unpaired) electrons. The fraction of sp³-hybridized carbons (Fsp3) is 0.875. The second-order valence-corrected chi connectivity index (χ2v) is 6.76. The Morgan fingerprint density at radius 1 is 0.950 bits per heavy atom. The van der Waals surface area contributed by atoms with Crippen LogP contribution in [-0.4, -0.2) is 23.5 Å². The molecule has 114 valence electrons. The summed E-state index contributed by atoms with van der Waals surface area (Å²) in [6, 6.07) is 0. The summed E-state index contributed by atoms with van der Waals surface area (Å²) in [4.78, 5) is 23.0. The Labute approximate surface area is 121 Å². The van der Waals surface area contributed by atoms with Crippen LogP contribution in [0.5, 0.6) is 0 Å². The number of carbonyl (C=O) groups is 2. The fourth-order valence-corrected chi connectivity index (χ4v) is 3.53. The number of carboxylic acid groups (broad SMARTS) is 1. The van der Waals surface area contributed by atoms with Crippen LogP contribution in [0.3, 0.4) is 0 Å². The van der Waals surface area contributed by atoms with Gasteiger partial charge < -0.3 is 10.4 Å². The summed E-state index contributed by atoms with van der Waals surface area (Å²) in [5.41, 5.74) is 0. The largest absolute Gasteiger partial charge is 0.481 e. The van der Waals surface area contributed by atoms with Crippen LogP contribution in [0.2, 0.25) is 0 Å². The predicted molar refractivity (Wildman–Crippen MR) is 77.2 cm³/mol. The normalized spacial score (nSPS) is 34.5. The average Bonchev–Trinajstić information content (AvgIpc) is 2.46. The van der Waals surface area contributed by atoms with Gasteiger partial charge in [-0.05, 0) is 63.2 Å². The third kappa shape index (κ3) is 4.22. The van der Waals surface area contributed by atoms with Crippen LogP contribution in [-0.2, 0) is 9.59 Å². The average molecular weight is 281 g/mol. The van der Waals surface area contributed by atoms with Crippen molar-refractivity contribution in [2.75, 3.05) is 6.54 Å². The Balaban J connectivity index is 1.65. The summed E-state index contributed by atoms with van der Waals surface area (Å²) in [6.07, 6.45) is 7.77. The van der Waals surface area contributed by atoms with E-state index in [0.717, 1.165) is 51.0 Å². The third-order valence-corrected chi connectivity index (χ3v) is 5.15. The minimum absolute atomic E-state index is 0.165. The molecule has 0 aromatic rings. The molecule has 0 aromatic heterocycles. The lowest BCUT2D eigenvalue weighted by Gasteiger charge is -2.28. The van der Waals surface area contributed by atoms with Crippen molar-refractivity contribution in [1.82, 2.24) is 5.32 Å². The van der Waals surface area contributed by atoms with Crippen LogP contribution in [0.15, 0.2) is 0 Å². The van der Waals surface area contributed by atoms with Gasteiger partial charge in [-0.2, -0.15) is 0 Å². The molecular weight excluding hydrogens is 254 g/mol. The molecule has 0 heterocycles. The van der Waals surface area contributed by atoms with Crippen LogP contribution in [0.4, 0.5) is 0 Å². The maximum absolute atomic E-state index is 12.1. The minimum atomic E-state index is -0.663. The molecular formula is C16H27NO3. The van der Waals surface area contributed by atoms with Gasteiger partial charge in [0, 0.05) is 12.5 Å². The Hall–Kier alpha value is -1.06. The Kier molecular flexibility index (Phi) is 5.44. The molecule has 0 aliphatic heterocycles. The first kappa shape index (κ1) is 15.3. The molecule has 0 spiro atoms. The van der Waals surface area contributed by atoms with Crippen LogP contribution in [0.1, 0.15) is 58.3 Å². The summed E-state index contributed by atoms with van der Waals surface area (Å²) in [7, 11) is 0. The van der Waals surface area contributed by atoms with Gasteiger partial charge in [-0.1, -0.05) is 6.92 Å². The predicted octanol–water partition coefficient (Wildman–Crippen LogP) is 2.82. The highest BCUT2D eigenvalue weighted by molar-refractivity contribution is 5.78. The van der Waals surface area contributed by atoms with Crippen molar-refractivity contribution in [1.29, 1.82) is 0 Å². The molecule has 0 unspecified atom stereocenters. The zero-order valence-electron chi connectivity index (χ0n) is 12.4. The minimum Gasteiger partial charge on any atom is -0.481 e. The van der Waals surface area contributed by atoms with Gasteiger partial charge in [0.1, 0.15) is 0 Å². The molecule has 0 saturated heterocycles. The van der Waals surface area contributed by atoms with Gasteiger partial charge in [-0.25, -0.2) is 0 Å². The smallest absolute Gasteiger partial charge is 0.306 e. The second-order valence-electron chi connectivity index (χ2n) is 6.76. The van der Waals surface area contributed by atoms with Gasteiger partial charge in [-0.15, -0.1) is 0 Å². The van der Waals surface area contributed by atoms with Gasteiger partial charge in [0.05, 0.1) is 5.92 Å². The van der Waals surface area contributed by atoms with E-state index in [1.54, 1.807) is 0 Å². The van der Waals surface area contributed by atoms with Crippen molar-refractivity contribution >= 4 is 11.9 Å². The number of hydrogen-bond donors (Lipinski definition) is 2. The van der Waals surface area contributed by atoms with Crippen molar-refractivity contribution in [2.24, 2.45) is 23.7 Å². The third-order valence-electron chi connectivity index (χ3n) is 5.15. The zero-order valence-corrected chi connectivity index (χ0v) is 12.4. The van der Waals surface area contributed by atoms with E-state index in [2.05, 4.69) is 12.2 Å². The number of nitrogens with one attached hydrogen (secondary N) is 1. The molecule has 2 aliphatic rings. The monoisotopic (exact) mass is 281 g/mol. The van der Waals surface area contributed by atoms with E-state index in [0.29, 0.717) is 5.92 Å². The lowest BCUT2D eigenvalue weighted by atomic mass is 9.81. The summed E-state index contributed by atoms with van der Waals surface area (Å²) < 4.78 is 0. The van der Waals surface area contributed by atoms with Crippen LogP contribution in [0.25, 0.3) is 0 Å². The number of carbonyl (C=O) groups excluding carboxylic acids is 1. The molecule has 2 fully saturated rings. The van der Waals surface area contributed by atoms with Crippen molar-refractivity contribution < 1.29 is 14.7 Å². The van der Waals surface area contributed by atoms with E-state index in [4.69, 9.17) is 5.11 Å². The molecule has 0 aromatic carbocycles. The maximum atomic E-state index is 12.1. The summed E-state index contributed by atoms with van der Waals surface area (Å²) >= 11 is 0. The number of carboxylic acids is 1. The van der Waals surface area contributed by atoms with Gasteiger partial charge in [0.15, 0.2) is 0 Å². The lowest BCUT2D eigenvalue weighted by molar-refractivity contribution is -0.143. The topological polar surface area (TPSA) is 66.4 Å². The number of rotatable bonds is 4. The molecule has 20 heavy (non-hydrogen) atoms. The first-order valence-electron chi connectivity index (χ1n) is 8.06. The number of hydrogen-bond acceptors (Lipinski definition) is 2. The quantitative estimate of drug-likeness (QED) is 0.832. The van der Waals surface area contributed by atoms with E-state index in [1.165, 1.54) is 12.8 Å². The first-order chi connectivity index (χ1) is 9.56. The highest BCUT2D eigenvalue weighted by atomic mass is 16.4. The molecule has 4 heteroatoms. The highest BCUT2D eigenvalue weighted by Gasteiger charge is 2.28. The van der Waals surface area contributed by atoms with E-state index in [9.17, 15) is 9.59 Å². The van der Waals surface area contributed by atoms with Gasteiger partial charge in [-0.3, -0.25) is 9.59 Å². The first-order valence-corrected chi connectivity index (χ1v) is 8.06. The summed E-state index contributed by atoms with van der Waals surface area (Å²) in [5.74, 6) is 0.840. The number of amides is 1. The Morgan fingerprint density at radius 2 is 1.50 bits per heavy atom. The van der Waals surface area contributed by atoms with Crippen LogP contribution < -0.4 is 5.32 Å². The number of aliphatic carboxylic acids is 1. The summed E-state index contributed by atoms with van der Waals surface area (Å²) in [6.45, 7) is 2.99. The zero-order chi connectivity index (χ0) is 14.5. The lowest BCUT2D eigenvalue weighted by Crippen LogP contribution is -2.37. The van der Waals surface area contributed by atoms with Crippen molar-refractivity contribution in [3.05, 3.63) is 0 Å². The van der Waals surface area contributed by atoms with Crippen LogP contribution in [0, 0.1) is 23.7 Å². The fourth-order valence-electron chi connectivity index (χ4n) is 3.53. The molecule has 0 bridgehead atoms. The molecule has 2 N–H and O–H groups in total. The standard InChI is InChI=1S/C16H27NO3/c1-11-2-6-13(7-3-11)15(18)17-10-12-4-8-14(9-5-12)16(19)20/h11-14H,2-10H2,1H3,(H,17,18)(H,19,20). The Bertz CT molecular complexity index is 340. The Morgan fingerprint density at radius 3 is 2.05 bits per heavy atom. The van der Waals surface area contributed by atoms with Crippen molar-refractivity contribution in [3.63, 3.8) is 0 Å². The van der Waals surface area contributed by atoms with Crippen molar-refractivity contribution in [2.45, 2.75) is 58.3 Å². The molecule has 4 nitrogen and oxygen atoms in total. The van der Waals surface area contributed by atoms with E-state index < -0.39 is 5.97 Å². The van der Waals surface area contributed by atoms with Gasteiger partial charge >= 0.3 is 5.97 Å². The molecule has 2 rings (SSSR count).